The van der Waals surface area contributed by atoms with Gasteiger partial charge >= 0.3 is 0 Å². The van der Waals surface area contributed by atoms with E-state index in [4.69, 9.17) is 4.99 Å². The molecule has 0 spiro atoms. The molecule has 0 saturated carbocycles. The molecule has 0 aliphatic carbocycles. The number of rotatable bonds is 4. The Morgan fingerprint density at radius 1 is 1.43 bits per heavy atom. The Balaban J connectivity index is 1.97. The molecule has 21 heavy (non-hydrogen) atoms. The van der Waals surface area contributed by atoms with Gasteiger partial charge in [-0.2, -0.15) is 0 Å². The van der Waals surface area contributed by atoms with Gasteiger partial charge in [0.15, 0.2) is 15.8 Å². The van der Waals surface area contributed by atoms with Crippen molar-refractivity contribution in [1.82, 2.24) is 10.2 Å². The van der Waals surface area contributed by atoms with Crippen molar-refractivity contribution in [2.75, 3.05) is 37.7 Å². The summed E-state index contributed by atoms with van der Waals surface area (Å²) in [5, 5.41) is 3.36. The van der Waals surface area contributed by atoms with Gasteiger partial charge in [-0.05, 0) is 37.5 Å². The zero-order valence-corrected chi connectivity index (χ0v) is 14.4. The summed E-state index contributed by atoms with van der Waals surface area (Å²) in [5.74, 6) is 1.80. The third-order valence-corrected chi connectivity index (χ3v) is 6.71. The van der Waals surface area contributed by atoms with Crippen LogP contribution >= 0.6 is 0 Å². The molecule has 2 atom stereocenters. The summed E-state index contributed by atoms with van der Waals surface area (Å²) >= 11 is 0. The summed E-state index contributed by atoms with van der Waals surface area (Å²) in [4.78, 5) is 7.04. The van der Waals surface area contributed by atoms with E-state index in [1.54, 1.807) is 0 Å². The lowest BCUT2D eigenvalue weighted by Crippen LogP contribution is -2.41. The van der Waals surface area contributed by atoms with Crippen molar-refractivity contribution in [3.05, 3.63) is 0 Å². The van der Waals surface area contributed by atoms with Crippen LogP contribution in [0.25, 0.3) is 0 Å². The first-order valence-corrected chi connectivity index (χ1v) is 9.93. The lowest BCUT2D eigenvalue weighted by molar-refractivity contribution is 0.322. The molecule has 2 unspecified atom stereocenters. The smallest absolute Gasteiger partial charge is 0.193 e. The van der Waals surface area contributed by atoms with Crippen LogP contribution in [0.2, 0.25) is 0 Å². The van der Waals surface area contributed by atoms with Crippen LogP contribution in [-0.2, 0) is 9.84 Å². The Bertz CT molecular complexity index is 489. The van der Waals surface area contributed by atoms with E-state index in [0.29, 0.717) is 23.5 Å². The molecule has 2 saturated heterocycles. The van der Waals surface area contributed by atoms with Crippen LogP contribution in [0.1, 0.15) is 40.0 Å². The molecule has 2 aliphatic rings. The van der Waals surface area contributed by atoms with Gasteiger partial charge in [-0.15, -0.1) is 0 Å². The summed E-state index contributed by atoms with van der Waals surface area (Å²) in [7, 11) is -2.80. The predicted molar refractivity (Wildman–Crippen MR) is 87.3 cm³/mol. The minimum Gasteiger partial charge on any atom is -0.357 e. The number of aliphatic imine (C=N–C) groups is 1. The fourth-order valence-electron chi connectivity index (χ4n) is 3.15. The van der Waals surface area contributed by atoms with Gasteiger partial charge in [-0.1, -0.05) is 13.8 Å². The molecule has 2 heterocycles. The van der Waals surface area contributed by atoms with Crippen LogP contribution in [0.4, 0.5) is 0 Å². The lowest BCUT2D eigenvalue weighted by atomic mass is 9.87. The average molecular weight is 315 g/mol. The highest BCUT2D eigenvalue weighted by atomic mass is 32.2. The van der Waals surface area contributed by atoms with E-state index in [1.807, 2.05) is 0 Å². The Kier molecular flexibility index (Phi) is 5.17. The molecule has 2 fully saturated rings. The van der Waals surface area contributed by atoms with Gasteiger partial charge in [-0.3, -0.25) is 4.99 Å². The van der Waals surface area contributed by atoms with Crippen molar-refractivity contribution in [1.29, 1.82) is 0 Å². The minimum atomic E-state index is -2.80. The molecule has 0 aromatic heterocycles. The van der Waals surface area contributed by atoms with E-state index >= 15 is 0 Å². The molecule has 0 aromatic carbocycles. The normalized spacial score (nSPS) is 32.6. The first kappa shape index (κ1) is 16.6. The summed E-state index contributed by atoms with van der Waals surface area (Å²) < 4.78 is 23.0. The molecule has 5 nitrogen and oxygen atoms in total. The van der Waals surface area contributed by atoms with Gasteiger partial charge in [-0.25, -0.2) is 8.42 Å². The summed E-state index contributed by atoms with van der Waals surface area (Å²) in [5.41, 5.74) is 0.382. The number of sulfone groups is 1. The fraction of sp³-hybridized carbons (Fsp3) is 0.933. The fourth-order valence-corrected chi connectivity index (χ4v) is 5.00. The molecule has 0 amide bonds. The molecule has 0 bridgehead atoms. The monoisotopic (exact) mass is 315 g/mol. The van der Waals surface area contributed by atoms with Gasteiger partial charge in [0, 0.05) is 26.2 Å². The van der Waals surface area contributed by atoms with Crippen LogP contribution in [-0.4, -0.2) is 57.0 Å². The molecule has 1 N–H and O–H groups in total. The highest BCUT2D eigenvalue weighted by molar-refractivity contribution is 7.91. The summed E-state index contributed by atoms with van der Waals surface area (Å²) in [6, 6.07) is 0. The van der Waals surface area contributed by atoms with E-state index in [0.717, 1.165) is 32.0 Å². The van der Waals surface area contributed by atoms with Gasteiger partial charge in [0.1, 0.15) is 0 Å². The number of hydrogen-bond acceptors (Lipinski definition) is 3. The van der Waals surface area contributed by atoms with Crippen molar-refractivity contribution in [3.8, 4) is 0 Å². The molecule has 2 rings (SSSR count). The van der Waals surface area contributed by atoms with Crippen LogP contribution < -0.4 is 5.32 Å². The molecule has 0 radical (unpaired) electrons. The predicted octanol–water partition coefficient (Wildman–Crippen LogP) is 1.51. The molecular formula is C15H29N3O2S. The van der Waals surface area contributed by atoms with Crippen molar-refractivity contribution in [2.45, 2.75) is 40.0 Å². The zero-order valence-electron chi connectivity index (χ0n) is 13.6. The highest BCUT2D eigenvalue weighted by Crippen LogP contribution is 2.33. The Morgan fingerprint density at radius 3 is 2.71 bits per heavy atom. The maximum atomic E-state index is 11.5. The van der Waals surface area contributed by atoms with E-state index in [-0.39, 0.29) is 5.92 Å². The summed E-state index contributed by atoms with van der Waals surface area (Å²) in [6.07, 6.45) is 3.15. The molecule has 6 heteroatoms. The second-order valence-electron chi connectivity index (χ2n) is 6.80. The first-order chi connectivity index (χ1) is 9.87. The third-order valence-electron chi connectivity index (χ3n) is 4.87. The third kappa shape index (κ3) is 4.34. The van der Waals surface area contributed by atoms with Crippen LogP contribution in [0.3, 0.4) is 0 Å². The van der Waals surface area contributed by atoms with Crippen LogP contribution in [0.15, 0.2) is 4.99 Å². The van der Waals surface area contributed by atoms with Crippen LogP contribution in [0, 0.1) is 11.3 Å². The number of hydrogen-bond donors (Lipinski definition) is 1. The van der Waals surface area contributed by atoms with E-state index in [1.165, 1.54) is 12.8 Å². The maximum absolute atomic E-state index is 11.5. The lowest BCUT2D eigenvalue weighted by Gasteiger charge is -2.25. The van der Waals surface area contributed by atoms with E-state index < -0.39 is 9.84 Å². The SMILES string of the molecule is CCNC(=NCC1CCS(=O)(=O)C1)N1CCC(C)(CC)C1. The largest absolute Gasteiger partial charge is 0.357 e. The molecule has 0 aromatic rings. The van der Waals surface area contributed by atoms with Crippen LogP contribution in [0.5, 0.6) is 0 Å². The Hall–Kier alpha value is -0.780. The summed E-state index contributed by atoms with van der Waals surface area (Å²) in [6.45, 7) is 10.2. The molecule has 2 aliphatic heterocycles. The van der Waals surface area contributed by atoms with E-state index in [9.17, 15) is 8.42 Å². The number of guanidine groups is 1. The minimum absolute atomic E-state index is 0.198. The van der Waals surface area contributed by atoms with Gasteiger partial charge in [0.2, 0.25) is 0 Å². The maximum Gasteiger partial charge on any atom is 0.193 e. The van der Waals surface area contributed by atoms with Crippen molar-refractivity contribution in [3.63, 3.8) is 0 Å². The quantitative estimate of drug-likeness (QED) is 0.631. The Labute approximate surface area is 129 Å². The number of likely N-dealkylation sites (tertiary alicyclic amines) is 1. The molecule has 122 valence electrons. The second kappa shape index (κ2) is 6.55. The first-order valence-electron chi connectivity index (χ1n) is 8.11. The van der Waals surface area contributed by atoms with Gasteiger partial charge < -0.3 is 10.2 Å². The number of nitrogens with zero attached hydrogens (tertiary/aromatic N) is 2. The standard InChI is InChI=1S/C15H29N3O2S/c1-4-15(3)7-8-18(12-15)14(16-5-2)17-10-13-6-9-21(19,20)11-13/h13H,4-12H2,1-3H3,(H,16,17). The van der Waals surface area contributed by atoms with Crippen molar-refractivity contribution in [2.24, 2.45) is 16.3 Å². The topological polar surface area (TPSA) is 61.8 Å². The number of nitrogens with one attached hydrogen (secondary N) is 1. The van der Waals surface area contributed by atoms with E-state index in [2.05, 4.69) is 31.0 Å². The van der Waals surface area contributed by atoms with Gasteiger partial charge in [0.05, 0.1) is 11.5 Å². The molecular weight excluding hydrogens is 286 g/mol. The Morgan fingerprint density at radius 2 is 2.19 bits per heavy atom. The van der Waals surface area contributed by atoms with Crippen molar-refractivity contribution < 1.29 is 8.42 Å². The second-order valence-corrected chi connectivity index (χ2v) is 9.03. The van der Waals surface area contributed by atoms with Gasteiger partial charge in [0.25, 0.3) is 0 Å². The van der Waals surface area contributed by atoms with Crippen molar-refractivity contribution >= 4 is 15.8 Å². The average Bonchev–Trinajstić information content (AvgIpc) is 2.99. The highest BCUT2D eigenvalue weighted by Gasteiger charge is 2.34. The zero-order chi connectivity index (χ0) is 15.5.